The van der Waals surface area contributed by atoms with Gasteiger partial charge in [0.05, 0.1) is 0 Å². The van der Waals surface area contributed by atoms with Crippen molar-refractivity contribution in [1.29, 1.82) is 0 Å². The minimum absolute atomic E-state index is 0.147. The summed E-state index contributed by atoms with van der Waals surface area (Å²) in [6.45, 7) is 0. The Bertz CT molecular complexity index is 2900. The zero-order valence-electron chi connectivity index (χ0n) is 26.8. The van der Waals surface area contributed by atoms with E-state index >= 15 is 0 Å². The molecule has 0 saturated carbocycles. The Kier molecular flexibility index (Phi) is 6.50. The van der Waals surface area contributed by atoms with Crippen molar-refractivity contribution in [2.24, 2.45) is 0 Å². The second kappa shape index (κ2) is 11.2. The average Bonchev–Trinajstić information content (AvgIpc) is 3.53. The summed E-state index contributed by atoms with van der Waals surface area (Å²) in [5.74, 6) is 0. The van der Waals surface area contributed by atoms with Gasteiger partial charge in [-0.3, -0.25) is 0 Å². The molecule has 0 fully saturated rings. The Hall–Kier alpha value is -6.06. The van der Waals surface area contributed by atoms with Crippen molar-refractivity contribution >= 4 is 82.6 Å². The van der Waals surface area contributed by atoms with Crippen molar-refractivity contribution < 1.29 is 4.92 Å². The first-order valence-electron chi connectivity index (χ1n) is 16.7. The molecule has 0 N–H and O–H groups in total. The van der Waals surface area contributed by atoms with E-state index in [0.29, 0.717) is 10.8 Å². The van der Waals surface area contributed by atoms with Gasteiger partial charge in [-0.2, -0.15) is 0 Å². The van der Waals surface area contributed by atoms with Crippen LogP contribution in [0.25, 0.3) is 95.8 Å². The summed E-state index contributed by atoms with van der Waals surface area (Å²) >= 11 is 0.147. The van der Waals surface area contributed by atoms with Gasteiger partial charge in [-0.15, -0.1) is 0 Å². The number of nitro groups is 1. The van der Waals surface area contributed by atoms with Crippen molar-refractivity contribution in [1.82, 2.24) is 0 Å². The topological polar surface area (TPSA) is 43.1 Å². The SMILES string of the molecule is O=[N+]([O-])c1c2ccccc2c(-c2ccc3[se]c4cc(-c5c6ccccc6c(-c6ccccc6)c6ccccc56)ccc4c3c2)c2ccccc12. The van der Waals surface area contributed by atoms with Gasteiger partial charge in [-0.25, -0.2) is 0 Å². The van der Waals surface area contributed by atoms with Crippen LogP contribution in [0.3, 0.4) is 0 Å². The summed E-state index contributed by atoms with van der Waals surface area (Å²) in [5, 5.41) is 23.0. The van der Waals surface area contributed by atoms with E-state index in [2.05, 4.69) is 115 Å². The molecule has 3 nitrogen and oxygen atoms in total. The van der Waals surface area contributed by atoms with Crippen molar-refractivity contribution in [3.63, 3.8) is 0 Å². The van der Waals surface area contributed by atoms with Crippen LogP contribution in [0.1, 0.15) is 0 Å². The van der Waals surface area contributed by atoms with Crippen molar-refractivity contribution in [3.8, 4) is 33.4 Å². The third-order valence-corrected chi connectivity index (χ3v) is 12.5. The van der Waals surface area contributed by atoms with E-state index in [4.69, 9.17) is 0 Å². The Morgan fingerprint density at radius 1 is 0.360 bits per heavy atom. The van der Waals surface area contributed by atoms with Crippen LogP contribution < -0.4 is 0 Å². The van der Waals surface area contributed by atoms with E-state index in [0.717, 1.165) is 21.9 Å². The summed E-state index contributed by atoms with van der Waals surface area (Å²) in [6, 6.07) is 57.6. The van der Waals surface area contributed by atoms with Gasteiger partial charge in [-0.1, -0.05) is 0 Å². The molecular formula is C46H27NO2Se. The molecule has 0 saturated heterocycles. The predicted molar refractivity (Wildman–Crippen MR) is 211 cm³/mol. The Morgan fingerprint density at radius 2 is 0.780 bits per heavy atom. The zero-order valence-corrected chi connectivity index (χ0v) is 28.5. The molecule has 9 aromatic carbocycles. The van der Waals surface area contributed by atoms with Crippen LogP contribution >= 0.6 is 0 Å². The van der Waals surface area contributed by atoms with E-state index < -0.39 is 0 Å². The fraction of sp³-hybridized carbons (Fsp3) is 0. The molecule has 234 valence electrons. The number of hydrogen-bond donors (Lipinski definition) is 0. The molecule has 10 aromatic rings. The summed E-state index contributed by atoms with van der Waals surface area (Å²) in [6.07, 6.45) is 0. The fourth-order valence-electron chi connectivity index (χ4n) is 8.06. The fourth-order valence-corrected chi connectivity index (χ4v) is 10.4. The molecule has 0 unspecified atom stereocenters. The van der Waals surface area contributed by atoms with Crippen LogP contribution in [0.2, 0.25) is 0 Å². The van der Waals surface area contributed by atoms with E-state index in [1.807, 2.05) is 48.5 Å². The Morgan fingerprint density at radius 3 is 1.30 bits per heavy atom. The van der Waals surface area contributed by atoms with Gasteiger partial charge in [0.2, 0.25) is 0 Å². The van der Waals surface area contributed by atoms with Gasteiger partial charge in [0.1, 0.15) is 0 Å². The molecule has 0 aliphatic heterocycles. The molecule has 0 aliphatic carbocycles. The van der Waals surface area contributed by atoms with E-state index in [-0.39, 0.29) is 25.1 Å². The number of fused-ring (bicyclic) bond motifs is 7. The second-order valence-corrected chi connectivity index (χ2v) is 15.1. The van der Waals surface area contributed by atoms with E-state index in [9.17, 15) is 10.1 Å². The number of nitrogens with zero attached hydrogens (tertiary/aromatic N) is 1. The number of rotatable bonds is 4. The molecule has 0 bridgehead atoms. The van der Waals surface area contributed by atoms with Crippen LogP contribution in [-0.2, 0) is 0 Å². The van der Waals surface area contributed by atoms with Gasteiger partial charge in [0.15, 0.2) is 0 Å². The van der Waals surface area contributed by atoms with E-state index in [1.165, 1.54) is 63.1 Å². The number of nitro benzene ring substituents is 1. The molecule has 4 heteroatoms. The van der Waals surface area contributed by atoms with Gasteiger partial charge in [-0.05, 0) is 0 Å². The van der Waals surface area contributed by atoms with Crippen LogP contribution in [-0.4, -0.2) is 19.4 Å². The predicted octanol–water partition coefficient (Wildman–Crippen LogP) is 12.6. The van der Waals surface area contributed by atoms with Gasteiger partial charge < -0.3 is 0 Å². The first-order chi connectivity index (χ1) is 24.7. The van der Waals surface area contributed by atoms with Gasteiger partial charge in [0, 0.05) is 0 Å². The van der Waals surface area contributed by atoms with Gasteiger partial charge >= 0.3 is 295 Å². The summed E-state index contributed by atoms with van der Waals surface area (Å²) in [7, 11) is 0. The average molecular weight is 705 g/mol. The molecule has 1 aromatic heterocycles. The van der Waals surface area contributed by atoms with Gasteiger partial charge in [0.25, 0.3) is 0 Å². The normalized spacial score (nSPS) is 11.8. The molecule has 0 amide bonds. The molecule has 10 rings (SSSR count). The molecule has 1 heterocycles. The molecular weight excluding hydrogens is 677 g/mol. The maximum absolute atomic E-state index is 12.3. The first-order valence-corrected chi connectivity index (χ1v) is 18.4. The summed E-state index contributed by atoms with van der Waals surface area (Å²) in [5.41, 5.74) is 7.29. The standard InChI is InChI=1S/C46H27NO2Se/c48-47(49)46-38-20-10-8-18-36(38)44(37-19-9-11-21-39(37)46)29-23-25-41-40(26-29)31-24-22-30(27-42(31)50-41)45-34-16-6-4-14-32(34)43(28-12-2-1-3-13-28)33-15-5-7-17-35(33)45/h1-27H. The summed E-state index contributed by atoms with van der Waals surface area (Å²) in [4.78, 5) is 12.1. The van der Waals surface area contributed by atoms with Crippen LogP contribution in [0, 0.1) is 10.1 Å². The van der Waals surface area contributed by atoms with Crippen LogP contribution in [0.4, 0.5) is 5.69 Å². The van der Waals surface area contributed by atoms with Crippen LogP contribution in [0.15, 0.2) is 164 Å². The third kappa shape index (κ3) is 4.29. The van der Waals surface area contributed by atoms with Crippen molar-refractivity contribution in [3.05, 3.63) is 174 Å². The monoisotopic (exact) mass is 705 g/mol. The minimum atomic E-state index is -0.241. The Labute approximate surface area is 293 Å². The third-order valence-electron chi connectivity index (χ3n) is 10.1. The number of non-ortho nitro benzene ring substituents is 1. The molecule has 50 heavy (non-hydrogen) atoms. The first kappa shape index (κ1) is 28.9. The zero-order chi connectivity index (χ0) is 33.3. The molecule has 0 aliphatic rings. The molecule has 0 atom stereocenters. The van der Waals surface area contributed by atoms with Crippen molar-refractivity contribution in [2.45, 2.75) is 0 Å². The second-order valence-electron chi connectivity index (χ2n) is 12.8. The number of hydrogen-bond acceptors (Lipinski definition) is 2. The maximum atomic E-state index is 12.3. The Balaban J connectivity index is 1.20. The summed E-state index contributed by atoms with van der Waals surface area (Å²) < 4.78 is 2.74. The van der Waals surface area contributed by atoms with E-state index in [1.54, 1.807) is 0 Å². The quantitative estimate of drug-likeness (QED) is 0.0792. The molecule has 0 radical (unpaired) electrons. The van der Waals surface area contributed by atoms with Crippen LogP contribution in [0.5, 0.6) is 0 Å². The number of benzene rings is 9. The molecule has 0 spiro atoms. The van der Waals surface area contributed by atoms with Crippen molar-refractivity contribution in [2.75, 3.05) is 0 Å².